The summed E-state index contributed by atoms with van der Waals surface area (Å²) in [5.41, 5.74) is 5.92. The first-order valence-electron chi connectivity index (χ1n) is 10.0. The average molecular weight is 404 g/mol. The highest BCUT2D eigenvalue weighted by Crippen LogP contribution is 2.23. The minimum Gasteiger partial charge on any atom is -0.326 e. The van der Waals surface area contributed by atoms with Gasteiger partial charge in [0, 0.05) is 29.7 Å². The fraction of sp³-hybridized carbons (Fsp3) is 0.250. The van der Waals surface area contributed by atoms with Crippen LogP contribution in [0.25, 0.3) is 17.3 Å². The molecule has 1 atom stereocenters. The van der Waals surface area contributed by atoms with Gasteiger partial charge in [-0.2, -0.15) is 0 Å². The highest BCUT2D eigenvalue weighted by atomic mass is 32.1. The number of benzene rings is 2. The van der Waals surface area contributed by atoms with Crippen LogP contribution in [0.1, 0.15) is 18.4 Å². The van der Waals surface area contributed by atoms with Gasteiger partial charge in [-0.25, -0.2) is 4.98 Å². The summed E-state index contributed by atoms with van der Waals surface area (Å²) in [6.45, 7) is 2.73. The Balaban J connectivity index is 1.30. The molecule has 4 nitrogen and oxygen atoms in total. The molecule has 1 amide bonds. The summed E-state index contributed by atoms with van der Waals surface area (Å²) in [4.78, 5) is 19.4. The summed E-state index contributed by atoms with van der Waals surface area (Å²) in [6, 6.07) is 18.2. The third-order valence-electron chi connectivity index (χ3n) is 5.23. The lowest BCUT2D eigenvalue weighted by Crippen LogP contribution is -2.40. The molecular formula is C24H25N3OS. The molecule has 4 rings (SSSR count). The lowest BCUT2D eigenvalue weighted by Gasteiger charge is -2.31. The minimum atomic E-state index is 0.0343. The van der Waals surface area contributed by atoms with Crippen LogP contribution in [0.3, 0.4) is 0 Å². The maximum absolute atomic E-state index is 12.8. The van der Waals surface area contributed by atoms with Crippen molar-refractivity contribution in [1.29, 1.82) is 0 Å². The summed E-state index contributed by atoms with van der Waals surface area (Å²) in [6.07, 6.45) is 6.34. The Kier molecular flexibility index (Phi) is 6.49. The number of likely N-dealkylation sites (tertiary alicyclic amines) is 1. The van der Waals surface area contributed by atoms with Crippen LogP contribution in [0.5, 0.6) is 0 Å². The molecule has 0 aliphatic carbocycles. The maximum atomic E-state index is 12.8. The van der Waals surface area contributed by atoms with Crippen LogP contribution in [0.2, 0.25) is 0 Å². The van der Waals surface area contributed by atoms with Gasteiger partial charge in [-0.3, -0.25) is 9.69 Å². The number of amides is 1. The zero-order valence-electron chi connectivity index (χ0n) is 16.3. The van der Waals surface area contributed by atoms with Gasteiger partial charge in [0.2, 0.25) is 5.91 Å². The number of rotatable bonds is 6. The molecule has 1 aliphatic rings. The van der Waals surface area contributed by atoms with E-state index in [1.54, 1.807) is 11.3 Å². The number of carbonyl (C=O) groups excluding carboxylic acids is 1. The summed E-state index contributed by atoms with van der Waals surface area (Å²) >= 11 is 1.58. The van der Waals surface area contributed by atoms with E-state index in [4.69, 9.17) is 0 Å². The number of thiazole rings is 1. The van der Waals surface area contributed by atoms with Crippen molar-refractivity contribution >= 4 is 29.0 Å². The van der Waals surface area contributed by atoms with E-state index in [-0.39, 0.29) is 11.8 Å². The molecule has 0 spiro atoms. The monoisotopic (exact) mass is 403 g/mol. The molecule has 1 N–H and O–H groups in total. The standard InChI is InChI=1S/C24H25N3OS/c28-24(26-22-12-10-20(11-13-22)23-17-29-18-25-23)21-9-5-15-27(16-21)14-4-8-19-6-2-1-3-7-19/h1-4,6-8,10-13,17-18,21H,5,9,14-16H2,(H,26,28)/b8-4+/t21-/m0/s1. The third-order valence-corrected chi connectivity index (χ3v) is 5.82. The van der Waals surface area contributed by atoms with Crippen molar-refractivity contribution in [3.63, 3.8) is 0 Å². The van der Waals surface area contributed by atoms with E-state index < -0.39 is 0 Å². The van der Waals surface area contributed by atoms with Gasteiger partial charge in [-0.1, -0.05) is 54.6 Å². The van der Waals surface area contributed by atoms with Crippen LogP contribution in [0.15, 0.2) is 71.6 Å². The molecule has 0 radical (unpaired) electrons. The van der Waals surface area contributed by atoms with Crippen molar-refractivity contribution in [3.8, 4) is 11.3 Å². The molecular weight excluding hydrogens is 378 g/mol. The Morgan fingerprint density at radius 2 is 2.00 bits per heavy atom. The number of nitrogens with one attached hydrogen (secondary N) is 1. The highest BCUT2D eigenvalue weighted by molar-refractivity contribution is 7.07. The lowest BCUT2D eigenvalue weighted by atomic mass is 9.97. The summed E-state index contributed by atoms with van der Waals surface area (Å²) in [5.74, 6) is 0.148. The van der Waals surface area contributed by atoms with E-state index in [9.17, 15) is 4.79 Å². The van der Waals surface area contributed by atoms with Crippen LogP contribution in [-0.4, -0.2) is 35.4 Å². The maximum Gasteiger partial charge on any atom is 0.228 e. The zero-order valence-corrected chi connectivity index (χ0v) is 17.1. The van der Waals surface area contributed by atoms with E-state index in [1.165, 1.54) is 5.56 Å². The second-order valence-corrected chi connectivity index (χ2v) is 8.07. The number of piperidine rings is 1. The topological polar surface area (TPSA) is 45.2 Å². The summed E-state index contributed by atoms with van der Waals surface area (Å²) < 4.78 is 0. The predicted molar refractivity (Wildman–Crippen MR) is 121 cm³/mol. The first-order chi connectivity index (χ1) is 14.3. The Hall–Kier alpha value is -2.76. The van der Waals surface area contributed by atoms with Crippen molar-refractivity contribution in [2.75, 3.05) is 25.0 Å². The van der Waals surface area contributed by atoms with Gasteiger partial charge >= 0.3 is 0 Å². The van der Waals surface area contributed by atoms with Gasteiger partial charge in [-0.15, -0.1) is 11.3 Å². The molecule has 1 saturated heterocycles. The molecule has 148 valence electrons. The van der Waals surface area contributed by atoms with Crippen LogP contribution in [0.4, 0.5) is 5.69 Å². The van der Waals surface area contributed by atoms with Crippen molar-refractivity contribution in [2.24, 2.45) is 5.92 Å². The average Bonchev–Trinajstić information content (AvgIpc) is 3.30. The molecule has 3 aromatic rings. The predicted octanol–water partition coefficient (Wildman–Crippen LogP) is 5.17. The Labute approximate surface area is 175 Å². The van der Waals surface area contributed by atoms with Gasteiger partial charge < -0.3 is 5.32 Å². The molecule has 1 aromatic heterocycles. The normalized spacial score (nSPS) is 17.4. The van der Waals surface area contributed by atoms with E-state index in [1.807, 2.05) is 53.4 Å². The second-order valence-electron chi connectivity index (χ2n) is 7.35. The molecule has 0 bridgehead atoms. The van der Waals surface area contributed by atoms with Gasteiger partial charge in [0.25, 0.3) is 0 Å². The van der Waals surface area contributed by atoms with Gasteiger partial charge in [0.15, 0.2) is 0 Å². The fourth-order valence-corrected chi connectivity index (χ4v) is 4.22. The van der Waals surface area contributed by atoms with E-state index in [2.05, 4.69) is 39.5 Å². The Morgan fingerprint density at radius 1 is 1.17 bits per heavy atom. The highest BCUT2D eigenvalue weighted by Gasteiger charge is 2.25. The quantitative estimate of drug-likeness (QED) is 0.617. The van der Waals surface area contributed by atoms with Crippen molar-refractivity contribution in [3.05, 3.63) is 77.1 Å². The molecule has 1 fully saturated rings. The van der Waals surface area contributed by atoms with Crippen LogP contribution in [0, 0.1) is 5.92 Å². The number of nitrogens with zero attached hydrogens (tertiary/aromatic N) is 2. The molecule has 0 unspecified atom stereocenters. The van der Waals surface area contributed by atoms with E-state index in [0.717, 1.165) is 49.4 Å². The first kappa shape index (κ1) is 19.6. The number of hydrogen-bond donors (Lipinski definition) is 1. The smallest absolute Gasteiger partial charge is 0.228 e. The van der Waals surface area contributed by atoms with Crippen molar-refractivity contribution < 1.29 is 4.79 Å². The SMILES string of the molecule is O=C(Nc1ccc(-c2cscn2)cc1)[C@H]1CCCN(C/C=C/c2ccccc2)C1. The Bertz CT molecular complexity index is 936. The van der Waals surface area contributed by atoms with Crippen molar-refractivity contribution in [1.82, 2.24) is 9.88 Å². The Morgan fingerprint density at radius 3 is 2.76 bits per heavy atom. The van der Waals surface area contributed by atoms with Gasteiger partial charge in [-0.05, 0) is 37.1 Å². The second kappa shape index (κ2) is 9.63. The summed E-state index contributed by atoms with van der Waals surface area (Å²) in [5, 5.41) is 5.11. The molecule has 2 aromatic carbocycles. The largest absolute Gasteiger partial charge is 0.326 e. The molecule has 2 heterocycles. The fourth-order valence-electron chi connectivity index (χ4n) is 3.66. The lowest BCUT2D eigenvalue weighted by molar-refractivity contribution is -0.121. The van der Waals surface area contributed by atoms with Gasteiger partial charge in [0.05, 0.1) is 17.1 Å². The molecule has 5 heteroatoms. The van der Waals surface area contributed by atoms with Crippen LogP contribution in [-0.2, 0) is 4.79 Å². The molecule has 1 aliphatic heterocycles. The van der Waals surface area contributed by atoms with Crippen LogP contribution >= 0.6 is 11.3 Å². The molecule has 29 heavy (non-hydrogen) atoms. The van der Waals surface area contributed by atoms with E-state index >= 15 is 0 Å². The third kappa shape index (κ3) is 5.40. The van der Waals surface area contributed by atoms with Crippen molar-refractivity contribution in [2.45, 2.75) is 12.8 Å². The number of hydrogen-bond acceptors (Lipinski definition) is 4. The minimum absolute atomic E-state index is 0.0343. The molecule has 0 saturated carbocycles. The van der Waals surface area contributed by atoms with E-state index in [0.29, 0.717) is 0 Å². The number of anilines is 1. The zero-order chi connectivity index (χ0) is 19.9. The van der Waals surface area contributed by atoms with Crippen LogP contribution < -0.4 is 5.32 Å². The summed E-state index contributed by atoms with van der Waals surface area (Å²) in [7, 11) is 0. The van der Waals surface area contributed by atoms with Gasteiger partial charge in [0.1, 0.15) is 0 Å². The number of aromatic nitrogens is 1. The number of carbonyl (C=O) groups is 1. The first-order valence-corrected chi connectivity index (χ1v) is 11.0.